The number of rotatable bonds is 4. The predicted octanol–water partition coefficient (Wildman–Crippen LogP) is 4.26. The Hall–Kier alpha value is 1.01. The molecule has 4 heteroatoms. The maximum Gasteiger partial charge on any atom is 0.153 e. The minimum absolute atomic E-state index is 1.16. The lowest BCUT2D eigenvalue weighted by Gasteiger charge is -2.20. The molecule has 0 saturated carbocycles. The van der Waals surface area contributed by atoms with Crippen molar-refractivity contribution in [1.82, 2.24) is 0 Å². The molecule has 0 radical (unpaired) electrons. The lowest BCUT2D eigenvalue weighted by Crippen LogP contribution is -2.25. The van der Waals surface area contributed by atoms with Gasteiger partial charge in [-0.2, -0.15) is 22.2 Å². The molecule has 0 aliphatic heterocycles. The standard InChI is InChI=1S/C7H18Cl2Si2/c1-5-11(4,9)7-6-10(2,3)8/h5-7H2,1-4H3. The molecule has 0 aliphatic carbocycles. The normalized spacial score (nSPS) is 18.0. The van der Waals surface area contributed by atoms with Gasteiger partial charge >= 0.3 is 0 Å². The van der Waals surface area contributed by atoms with Crippen molar-refractivity contribution in [3.8, 4) is 0 Å². The van der Waals surface area contributed by atoms with Crippen LogP contribution in [0.4, 0.5) is 0 Å². The highest BCUT2D eigenvalue weighted by atomic mass is 35.6. The van der Waals surface area contributed by atoms with E-state index in [1.807, 2.05) is 0 Å². The van der Waals surface area contributed by atoms with Gasteiger partial charge in [0, 0.05) is 0 Å². The van der Waals surface area contributed by atoms with Crippen molar-refractivity contribution in [2.75, 3.05) is 0 Å². The van der Waals surface area contributed by atoms with Crippen molar-refractivity contribution in [3.05, 3.63) is 0 Å². The molecule has 68 valence electrons. The number of hydrogen-bond acceptors (Lipinski definition) is 0. The summed E-state index contributed by atoms with van der Waals surface area (Å²) in [5.41, 5.74) is 0. The zero-order chi connectivity index (χ0) is 9.12. The summed E-state index contributed by atoms with van der Waals surface area (Å²) in [7, 11) is -2.73. The van der Waals surface area contributed by atoms with Gasteiger partial charge in [0.05, 0.1) is 0 Å². The Labute approximate surface area is 81.7 Å². The lowest BCUT2D eigenvalue weighted by atomic mass is 10.9. The van der Waals surface area contributed by atoms with Gasteiger partial charge in [-0.25, -0.2) is 0 Å². The minimum Gasteiger partial charge on any atom is -0.168 e. The molecule has 0 aromatic rings. The van der Waals surface area contributed by atoms with E-state index in [2.05, 4.69) is 26.6 Å². The Balaban J connectivity index is 3.70. The predicted molar refractivity (Wildman–Crippen MR) is 60.9 cm³/mol. The van der Waals surface area contributed by atoms with Gasteiger partial charge in [0.2, 0.25) is 0 Å². The molecule has 0 saturated heterocycles. The quantitative estimate of drug-likeness (QED) is 0.499. The molecule has 1 unspecified atom stereocenters. The number of halogens is 2. The topological polar surface area (TPSA) is 0 Å². The first-order valence-electron chi connectivity index (χ1n) is 4.15. The molecule has 0 nitrogen and oxygen atoms in total. The summed E-state index contributed by atoms with van der Waals surface area (Å²) in [4.78, 5) is 0. The van der Waals surface area contributed by atoms with Crippen LogP contribution in [0.15, 0.2) is 0 Å². The summed E-state index contributed by atoms with van der Waals surface area (Å²) < 4.78 is 0. The van der Waals surface area contributed by atoms with E-state index >= 15 is 0 Å². The summed E-state index contributed by atoms with van der Waals surface area (Å²) in [6, 6.07) is 3.53. The Kier molecular flexibility index (Phi) is 4.70. The van der Waals surface area contributed by atoms with E-state index in [0.717, 1.165) is 6.04 Å². The molecule has 0 bridgehead atoms. The van der Waals surface area contributed by atoms with E-state index in [-0.39, 0.29) is 0 Å². The van der Waals surface area contributed by atoms with Crippen LogP contribution in [0.3, 0.4) is 0 Å². The molecular weight excluding hydrogens is 211 g/mol. The van der Waals surface area contributed by atoms with E-state index in [1.54, 1.807) is 0 Å². The summed E-state index contributed by atoms with van der Waals surface area (Å²) in [6.07, 6.45) is 0. The lowest BCUT2D eigenvalue weighted by molar-refractivity contribution is 1.26. The molecular formula is C7H18Cl2Si2. The van der Waals surface area contributed by atoms with Gasteiger partial charge in [-0.3, -0.25) is 0 Å². The van der Waals surface area contributed by atoms with Crippen LogP contribution in [0.2, 0.25) is 37.8 Å². The third-order valence-corrected chi connectivity index (χ3v) is 8.62. The molecule has 0 aromatic carbocycles. The summed E-state index contributed by atoms with van der Waals surface area (Å²) in [6.45, 7) is 8.78. The fourth-order valence-electron chi connectivity index (χ4n) is 0.735. The smallest absolute Gasteiger partial charge is 0.153 e. The molecule has 0 rings (SSSR count). The van der Waals surface area contributed by atoms with Crippen LogP contribution < -0.4 is 0 Å². The molecule has 0 spiro atoms. The van der Waals surface area contributed by atoms with Crippen LogP contribution >= 0.6 is 22.2 Å². The fourth-order valence-corrected chi connectivity index (χ4v) is 7.25. The molecule has 1 atom stereocenters. The van der Waals surface area contributed by atoms with Gasteiger partial charge in [0.1, 0.15) is 7.38 Å². The van der Waals surface area contributed by atoms with Crippen molar-refractivity contribution in [1.29, 1.82) is 0 Å². The van der Waals surface area contributed by atoms with Gasteiger partial charge < -0.3 is 0 Å². The van der Waals surface area contributed by atoms with E-state index in [0.29, 0.717) is 0 Å². The molecule has 0 aromatic heterocycles. The minimum atomic E-state index is -1.36. The summed E-state index contributed by atoms with van der Waals surface area (Å²) >= 11 is 12.5. The highest BCUT2D eigenvalue weighted by molar-refractivity contribution is 7.22. The van der Waals surface area contributed by atoms with E-state index in [4.69, 9.17) is 22.2 Å². The Morgan fingerprint density at radius 1 is 1.00 bits per heavy atom. The first-order chi connectivity index (χ1) is 4.77. The molecule has 11 heavy (non-hydrogen) atoms. The van der Waals surface area contributed by atoms with Gasteiger partial charge in [0.15, 0.2) is 7.38 Å². The van der Waals surface area contributed by atoms with Crippen LogP contribution in [-0.4, -0.2) is 14.8 Å². The van der Waals surface area contributed by atoms with Crippen LogP contribution in [0.25, 0.3) is 0 Å². The second kappa shape index (κ2) is 4.31. The first-order valence-corrected chi connectivity index (χ1v) is 12.3. The highest BCUT2D eigenvalue weighted by Gasteiger charge is 2.26. The zero-order valence-corrected chi connectivity index (χ0v) is 11.4. The first kappa shape index (κ1) is 12.0. The summed E-state index contributed by atoms with van der Waals surface area (Å²) in [5.74, 6) is 0. The number of hydrogen-bond donors (Lipinski definition) is 0. The molecule has 0 aliphatic rings. The Bertz CT molecular complexity index is 118. The second-order valence-electron chi connectivity index (χ2n) is 3.99. The van der Waals surface area contributed by atoms with Crippen molar-refractivity contribution in [3.63, 3.8) is 0 Å². The molecule has 0 amide bonds. The monoisotopic (exact) mass is 228 g/mol. The average molecular weight is 229 g/mol. The van der Waals surface area contributed by atoms with Crippen LogP contribution in [0.5, 0.6) is 0 Å². The zero-order valence-electron chi connectivity index (χ0n) is 7.88. The van der Waals surface area contributed by atoms with Gasteiger partial charge in [0.25, 0.3) is 0 Å². The van der Waals surface area contributed by atoms with Crippen molar-refractivity contribution in [2.45, 2.75) is 44.7 Å². The maximum atomic E-state index is 6.33. The van der Waals surface area contributed by atoms with E-state index in [9.17, 15) is 0 Å². The average Bonchev–Trinajstić information content (AvgIpc) is 1.83. The van der Waals surface area contributed by atoms with Crippen molar-refractivity contribution < 1.29 is 0 Å². The highest BCUT2D eigenvalue weighted by Crippen LogP contribution is 2.27. The SMILES string of the molecule is CC[Si](C)(Cl)CC[Si](C)(C)Cl. The van der Waals surface area contributed by atoms with Crippen molar-refractivity contribution in [2.24, 2.45) is 0 Å². The van der Waals surface area contributed by atoms with Gasteiger partial charge in [-0.05, 0) is 18.1 Å². The Morgan fingerprint density at radius 3 is 1.73 bits per heavy atom. The van der Waals surface area contributed by atoms with E-state index < -0.39 is 14.8 Å². The van der Waals surface area contributed by atoms with Gasteiger partial charge in [-0.1, -0.05) is 26.6 Å². The fraction of sp³-hybridized carbons (Fsp3) is 1.00. The molecule has 0 N–H and O–H groups in total. The molecule has 0 heterocycles. The van der Waals surface area contributed by atoms with Crippen LogP contribution in [-0.2, 0) is 0 Å². The van der Waals surface area contributed by atoms with Crippen LogP contribution in [0, 0.1) is 0 Å². The second-order valence-corrected chi connectivity index (χ2v) is 17.8. The van der Waals surface area contributed by atoms with Crippen molar-refractivity contribution >= 4 is 36.9 Å². The third-order valence-electron chi connectivity index (χ3n) is 1.98. The Morgan fingerprint density at radius 2 is 1.45 bits per heavy atom. The summed E-state index contributed by atoms with van der Waals surface area (Å²) in [5, 5.41) is 0. The molecule has 0 fully saturated rings. The third kappa shape index (κ3) is 7.38. The van der Waals surface area contributed by atoms with E-state index in [1.165, 1.54) is 12.1 Å². The maximum absolute atomic E-state index is 6.33. The largest absolute Gasteiger partial charge is 0.168 e. The van der Waals surface area contributed by atoms with Gasteiger partial charge in [-0.15, -0.1) is 0 Å². The van der Waals surface area contributed by atoms with Crippen LogP contribution in [0.1, 0.15) is 6.92 Å².